The van der Waals surface area contributed by atoms with E-state index in [1.165, 1.54) is 19.2 Å². The minimum atomic E-state index is -3.60. The highest BCUT2D eigenvalue weighted by molar-refractivity contribution is 7.89. The SMILES string of the molecule is CNS(=O)(=O)c1ccc(C)c(C(=O)Nc2cccc(COC)c2)c1. The number of hydrogen-bond donors (Lipinski definition) is 2. The van der Waals surface area contributed by atoms with E-state index < -0.39 is 10.0 Å². The zero-order valence-corrected chi connectivity index (χ0v) is 14.6. The van der Waals surface area contributed by atoms with Crippen molar-refractivity contribution in [1.82, 2.24) is 4.72 Å². The van der Waals surface area contributed by atoms with E-state index in [1.54, 1.807) is 26.2 Å². The number of carbonyl (C=O) groups is 1. The number of methoxy groups -OCH3 is 1. The largest absolute Gasteiger partial charge is 0.380 e. The summed E-state index contributed by atoms with van der Waals surface area (Å²) in [4.78, 5) is 12.6. The number of aryl methyl sites for hydroxylation is 1. The number of benzene rings is 2. The maximum atomic E-state index is 12.5. The molecule has 0 aliphatic rings. The Morgan fingerprint density at radius 3 is 2.58 bits per heavy atom. The van der Waals surface area contributed by atoms with E-state index in [-0.39, 0.29) is 10.8 Å². The summed E-state index contributed by atoms with van der Waals surface area (Å²) in [7, 11) is -0.675. The third-order valence-corrected chi connectivity index (χ3v) is 4.94. The first-order valence-electron chi connectivity index (χ1n) is 7.31. The molecule has 0 saturated heterocycles. The molecule has 2 N–H and O–H groups in total. The van der Waals surface area contributed by atoms with Crippen molar-refractivity contribution >= 4 is 21.6 Å². The predicted molar refractivity (Wildman–Crippen MR) is 92.5 cm³/mol. The van der Waals surface area contributed by atoms with Crippen molar-refractivity contribution in [2.45, 2.75) is 18.4 Å². The number of carbonyl (C=O) groups excluding carboxylic acids is 1. The molecule has 0 bridgehead atoms. The standard InChI is InChI=1S/C17H20N2O4S/c1-12-7-8-15(24(21,22)18-2)10-16(12)17(20)19-14-6-4-5-13(9-14)11-23-3/h4-10,18H,11H2,1-3H3,(H,19,20). The van der Waals surface area contributed by atoms with E-state index in [9.17, 15) is 13.2 Å². The molecule has 0 radical (unpaired) electrons. The highest BCUT2D eigenvalue weighted by Gasteiger charge is 2.16. The van der Waals surface area contributed by atoms with Gasteiger partial charge in [0.2, 0.25) is 10.0 Å². The zero-order chi connectivity index (χ0) is 17.7. The summed E-state index contributed by atoms with van der Waals surface area (Å²) in [5.74, 6) is -0.366. The maximum absolute atomic E-state index is 12.5. The Hall–Kier alpha value is -2.22. The van der Waals surface area contributed by atoms with Crippen LogP contribution in [0.3, 0.4) is 0 Å². The van der Waals surface area contributed by atoms with Crippen LogP contribution in [0.2, 0.25) is 0 Å². The van der Waals surface area contributed by atoms with E-state index in [1.807, 2.05) is 18.2 Å². The van der Waals surface area contributed by atoms with Crippen LogP contribution < -0.4 is 10.0 Å². The van der Waals surface area contributed by atoms with E-state index in [0.717, 1.165) is 5.56 Å². The fraction of sp³-hybridized carbons (Fsp3) is 0.235. The molecule has 2 aromatic rings. The molecule has 7 heteroatoms. The van der Waals surface area contributed by atoms with Crippen LogP contribution in [0.25, 0.3) is 0 Å². The summed E-state index contributed by atoms with van der Waals surface area (Å²) >= 11 is 0. The minimum absolute atomic E-state index is 0.0499. The number of sulfonamides is 1. The Labute approximate surface area is 141 Å². The molecule has 0 spiro atoms. The molecule has 2 rings (SSSR count). The van der Waals surface area contributed by atoms with Crippen molar-refractivity contribution in [3.05, 3.63) is 59.2 Å². The van der Waals surface area contributed by atoms with Gasteiger partial charge in [-0.3, -0.25) is 4.79 Å². The highest BCUT2D eigenvalue weighted by Crippen LogP contribution is 2.18. The third-order valence-electron chi connectivity index (χ3n) is 3.53. The van der Waals surface area contributed by atoms with Crippen molar-refractivity contribution < 1.29 is 17.9 Å². The molecule has 0 atom stereocenters. The number of nitrogens with one attached hydrogen (secondary N) is 2. The molecule has 0 aromatic heterocycles. The van der Waals surface area contributed by atoms with Crippen molar-refractivity contribution in [3.8, 4) is 0 Å². The Kier molecular flexibility index (Phi) is 5.71. The van der Waals surface area contributed by atoms with E-state index >= 15 is 0 Å². The normalized spacial score (nSPS) is 11.3. The Balaban J connectivity index is 2.30. The molecule has 24 heavy (non-hydrogen) atoms. The number of ether oxygens (including phenoxy) is 1. The molecule has 6 nitrogen and oxygen atoms in total. The monoisotopic (exact) mass is 348 g/mol. The van der Waals surface area contributed by atoms with Gasteiger partial charge in [0.05, 0.1) is 11.5 Å². The molecule has 0 aliphatic carbocycles. The lowest BCUT2D eigenvalue weighted by Gasteiger charge is -2.11. The molecular formula is C17H20N2O4S. The van der Waals surface area contributed by atoms with Crippen LogP contribution in [-0.2, 0) is 21.4 Å². The van der Waals surface area contributed by atoms with Gasteiger partial charge in [-0.25, -0.2) is 13.1 Å². The Morgan fingerprint density at radius 2 is 1.92 bits per heavy atom. The quantitative estimate of drug-likeness (QED) is 0.839. The fourth-order valence-electron chi connectivity index (χ4n) is 2.23. The van der Waals surface area contributed by atoms with Crippen molar-refractivity contribution in [2.24, 2.45) is 0 Å². The second kappa shape index (κ2) is 7.57. The van der Waals surface area contributed by atoms with E-state index in [4.69, 9.17) is 4.74 Å². The summed E-state index contributed by atoms with van der Waals surface area (Å²) in [5, 5.41) is 2.78. The first-order chi connectivity index (χ1) is 11.4. The lowest BCUT2D eigenvalue weighted by Crippen LogP contribution is -2.20. The second-order valence-corrected chi connectivity index (χ2v) is 7.16. The van der Waals surface area contributed by atoms with E-state index in [2.05, 4.69) is 10.0 Å². The van der Waals surface area contributed by atoms with Gasteiger partial charge >= 0.3 is 0 Å². The van der Waals surface area contributed by atoms with Crippen LogP contribution in [0.4, 0.5) is 5.69 Å². The molecule has 1 amide bonds. The number of anilines is 1. The minimum Gasteiger partial charge on any atom is -0.380 e. The molecule has 0 saturated carbocycles. The molecular weight excluding hydrogens is 328 g/mol. The van der Waals surface area contributed by atoms with Gasteiger partial charge < -0.3 is 10.1 Å². The van der Waals surface area contributed by atoms with Crippen molar-refractivity contribution in [1.29, 1.82) is 0 Å². The van der Waals surface area contributed by atoms with Crippen LogP contribution in [0.5, 0.6) is 0 Å². The Morgan fingerprint density at radius 1 is 1.17 bits per heavy atom. The Bertz CT molecular complexity index is 847. The lowest BCUT2D eigenvalue weighted by molar-refractivity contribution is 0.102. The summed E-state index contributed by atoms with van der Waals surface area (Å²) < 4.78 is 31.1. The molecule has 0 aliphatic heterocycles. The number of amides is 1. The van der Waals surface area contributed by atoms with Crippen LogP contribution >= 0.6 is 0 Å². The highest BCUT2D eigenvalue weighted by atomic mass is 32.2. The fourth-order valence-corrected chi connectivity index (χ4v) is 2.99. The van der Waals surface area contributed by atoms with Gasteiger partial charge in [0.15, 0.2) is 0 Å². The van der Waals surface area contributed by atoms with E-state index in [0.29, 0.717) is 23.4 Å². The maximum Gasteiger partial charge on any atom is 0.255 e. The summed E-state index contributed by atoms with van der Waals surface area (Å²) in [5.41, 5.74) is 2.55. The average molecular weight is 348 g/mol. The molecule has 0 fully saturated rings. The number of rotatable bonds is 6. The summed E-state index contributed by atoms with van der Waals surface area (Å²) in [6.45, 7) is 2.20. The summed E-state index contributed by atoms with van der Waals surface area (Å²) in [6.07, 6.45) is 0. The predicted octanol–water partition coefficient (Wildman–Crippen LogP) is 2.30. The molecule has 2 aromatic carbocycles. The third kappa shape index (κ3) is 4.19. The van der Waals surface area contributed by atoms with Gasteiger partial charge in [0.25, 0.3) is 5.91 Å². The van der Waals surface area contributed by atoms with Gasteiger partial charge in [0.1, 0.15) is 0 Å². The second-order valence-electron chi connectivity index (χ2n) is 5.27. The first-order valence-corrected chi connectivity index (χ1v) is 8.79. The van der Waals surface area contributed by atoms with Gasteiger partial charge in [0, 0.05) is 18.4 Å². The van der Waals surface area contributed by atoms with Gasteiger partial charge in [-0.1, -0.05) is 18.2 Å². The van der Waals surface area contributed by atoms with Crippen molar-refractivity contribution in [3.63, 3.8) is 0 Å². The topological polar surface area (TPSA) is 84.5 Å². The summed E-state index contributed by atoms with van der Waals surface area (Å²) in [6, 6.07) is 11.7. The number of hydrogen-bond acceptors (Lipinski definition) is 4. The van der Waals surface area contributed by atoms with Crippen LogP contribution in [0.15, 0.2) is 47.4 Å². The van der Waals surface area contributed by atoms with Crippen molar-refractivity contribution in [2.75, 3.05) is 19.5 Å². The van der Waals surface area contributed by atoms with Gasteiger partial charge in [-0.05, 0) is 49.4 Å². The van der Waals surface area contributed by atoms with Crippen LogP contribution in [0, 0.1) is 6.92 Å². The average Bonchev–Trinajstić information content (AvgIpc) is 2.55. The van der Waals surface area contributed by atoms with Gasteiger partial charge in [-0.2, -0.15) is 0 Å². The molecule has 0 unspecified atom stereocenters. The first kappa shape index (κ1) is 18.1. The molecule has 128 valence electrons. The van der Waals surface area contributed by atoms with Crippen LogP contribution in [-0.4, -0.2) is 28.5 Å². The zero-order valence-electron chi connectivity index (χ0n) is 13.8. The van der Waals surface area contributed by atoms with Gasteiger partial charge in [-0.15, -0.1) is 0 Å². The van der Waals surface area contributed by atoms with Crippen LogP contribution in [0.1, 0.15) is 21.5 Å². The lowest BCUT2D eigenvalue weighted by atomic mass is 10.1. The molecule has 0 heterocycles. The smallest absolute Gasteiger partial charge is 0.255 e.